The fourth-order valence-electron chi connectivity index (χ4n) is 5.13. The van der Waals surface area contributed by atoms with E-state index in [9.17, 15) is 45.4 Å². The Hall–Kier alpha value is -5.53. The third-order valence-electron chi connectivity index (χ3n) is 7.79. The van der Waals surface area contributed by atoms with Crippen LogP contribution in [0.4, 0.5) is 30.7 Å². The molecule has 0 aliphatic heterocycles. The molecule has 300 valence electrons. The standard InChI is InChI=1S/C21H17ClF3NO2.C14H15NO2.C7H3ClF4/c1-12(2)26-20(27)14-6-8-16-13(10-14)4-3-5-18(16)28-19-9-7-15(11-17(19)22)21(23,24)25;1-9(2)15-14(17)11-6-7-12-10(8-11)4-3-5-13(12)16;8-5-3-4(7(10,11)12)1-2-6(5)9/h3-12H,1-2H3,(H,26,27);3-9,16H,1-2H3,(H,15,17);1-3H. The molecule has 0 unspecified atom stereocenters. The lowest BCUT2D eigenvalue weighted by atomic mass is 10.1. The van der Waals surface area contributed by atoms with E-state index in [0.717, 1.165) is 28.3 Å². The molecule has 0 radical (unpaired) electrons. The molecule has 6 nitrogen and oxygen atoms in total. The van der Waals surface area contributed by atoms with E-state index in [1.54, 1.807) is 60.7 Å². The maximum Gasteiger partial charge on any atom is 0.416 e. The van der Waals surface area contributed by atoms with Gasteiger partial charge in [-0.05, 0) is 123 Å². The van der Waals surface area contributed by atoms with Crippen LogP contribution in [0.1, 0.15) is 59.5 Å². The van der Waals surface area contributed by atoms with Crippen LogP contribution in [0.5, 0.6) is 17.2 Å². The van der Waals surface area contributed by atoms with Gasteiger partial charge in [-0.15, -0.1) is 0 Å². The molecule has 0 heterocycles. The SMILES string of the molecule is CC(C)NC(=O)c1ccc2c(O)cccc2c1.CC(C)NC(=O)c1ccc2c(Oc3ccc(C(F)(F)F)cc3Cl)cccc2c1.Fc1ccc(C(F)(F)F)cc1Cl. The Morgan fingerprint density at radius 2 is 1.07 bits per heavy atom. The van der Waals surface area contributed by atoms with Gasteiger partial charge in [0, 0.05) is 34.0 Å². The number of phenolic OH excluding ortho intramolecular Hbond substituents is 1. The topological polar surface area (TPSA) is 87.7 Å². The van der Waals surface area contributed by atoms with Crippen molar-refractivity contribution in [1.82, 2.24) is 10.6 Å². The predicted octanol–water partition coefficient (Wildman–Crippen LogP) is 12.6. The predicted molar refractivity (Wildman–Crippen MR) is 208 cm³/mol. The number of rotatable bonds is 6. The Kier molecular flexibility index (Phi) is 14.4. The first-order valence-electron chi connectivity index (χ1n) is 17.1. The second-order valence-corrected chi connectivity index (χ2v) is 13.8. The molecule has 0 saturated carbocycles. The highest BCUT2D eigenvalue weighted by atomic mass is 35.5. The Morgan fingerprint density at radius 3 is 1.56 bits per heavy atom. The fourth-order valence-corrected chi connectivity index (χ4v) is 5.53. The lowest BCUT2D eigenvalue weighted by molar-refractivity contribution is -0.138. The highest BCUT2D eigenvalue weighted by molar-refractivity contribution is 6.32. The molecule has 2 amide bonds. The summed E-state index contributed by atoms with van der Waals surface area (Å²) in [5.41, 5.74) is -0.680. The number of hydrogen-bond donors (Lipinski definition) is 3. The summed E-state index contributed by atoms with van der Waals surface area (Å²) in [6.07, 6.45) is -8.95. The number of ether oxygens (including phenoxy) is 1. The molecule has 0 aliphatic carbocycles. The molecule has 3 N–H and O–H groups in total. The number of hydrogen-bond acceptors (Lipinski definition) is 4. The summed E-state index contributed by atoms with van der Waals surface area (Å²) >= 11 is 11.1. The zero-order chi connectivity index (χ0) is 42.2. The third-order valence-corrected chi connectivity index (χ3v) is 8.37. The molecule has 15 heteroatoms. The number of aromatic hydroxyl groups is 1. The van der Waals surface area contributed by atoms with Gasteiger partial charge in [0.05, 0.1) is 21.2 Å². The average molecular weight is 836 g/mol. The van der Waals surface area contributed by atoms with Gasteiger partial charge in [0.25, 0.3) is 11.8 Å². The Labute approximate surface area is 333 Å². The largest absolute Gasteiger partial charge is 0.507 e. The first-order chi connectivity index (χ1) is 26.6. The number of phenols is 1. The molecule has 57 heavy (non-hydrogen) atoms. The monoisotopic (exact) mass is 834 g/mol. The normalized spacial score (nSPS) is 11.4. The summed E-state index contributed by atoms with van der Waals surface area (Å²) in [6.45, 7) is 7.59. The number of carbonyl (C=O) groups is 2. The third kappa shape index (κ3) is 12.2. The van der Waals surface area contributed by atoms with Crippen LogP contribution in [-0.2, 0) is 12.4 Å². The van der Waals surface area contributed by atoms with Gasteiger partial charge in [-0.25, -0.2) is 4.39 Å². The van der Waals surface area contributed by atoms with E-state index in [0.29, 0.717) is 40.5 Å². The van der Waals surface area contributed by atoms with E-state index in [-0.39, 0.29) is 40.4 Å². The van der Waals surface area contributed by atoms with Gasteiger partial charge in [-0.3, -0.25) is 9.59 Å². The summed E-state index contributed by atoms with van der Waals surface area (Å²) in [5.74, 6) is -0.360. The van der Waals surface area contributed by atoms with E-state index in [4.69, 9.17) is 27.9 Å². The van der Waals surface area contributed by atoms with E-state index in [2.05, 4.69) is 10.6 Å². The summed E-state index contributed by atoms with van der Waals surface area (Å²) in [5, 5.41) is 17.7. The maximum absolute atomic E-state index is 12.8. The molecular weight excluding hydrogens is 800 g/mol. The minimum absolute atomic E-state index is 0.0136. The van der Waals surface area contributed by atoms with Crippen LogP contribution in [0.25, 0.3) is 21.5 Å². The van der Waals surface area contributed by atoms with Gasteiger partial charge in [-0.2, -0.15) is 26.3 Å². The minimum Gasteiger partial charge on any atom is -0.507 e. The number of halogens is 9. The minimum atomic E-state index is -4.48. The van der Waals surface area contributed by atoms with Crippen molar-refractivity contribution in [2.75, 3.05) is 0 Å². The Bertz CT molecular complexity index is 2380. The van der Waals surface area contributed by atoms with E-state index in [1.807, 2.05) is 39.8 Å². The lowest BCUT2D eigenvalue weighted by Crippen LogP contribution is -2.29. The number of nitrogens with one attached hydrogen (secondary N) is 2. The highest BCUT2D eigenvalue weighted by Crippen LogP contribution is 2.38. The summed E-state index contributed by atoms with van der Waals surface area (Å²) in [4.78, 5) is 24.0. The van der Waals surface area contributed by atoms with E-state index < -0.39 is 34.3 Å². The summed E-state index contributed by atoms with van der Waals surface area (Å²) < 4.78 is 92.3. The van der Waals surface area contributed by atoms with Crippen LogP contribution in [0.3, 0.4) is 0 Å². The first kappa shape index (κ1) is 44.2. The highest BCUT2D eigenvalue weighted by Gasteiger charge is 2.32. The zero-order valence-corrected chi connectivity index (χ0v) is 32.1. The van der Waals surface area contributed by atoms with Crippen LogP contribution >= 0.6 is 23.2 Å². The quantitative estimate of drug-likeness (QED) is 0.146. The van der Waals surface area contributed by atoms with Crippen LogP contribution in [-0.4, -0.2) is 29.0 Å². The van der Waals surface area contributed by atoms with Crippen molar-refractivity contribution >= 4 is 56.6 Å². The molecule has 0 bridgehead atoms. The maximum atomic E-state index is 12.8. The number of fused-ring (bicyclic) bond motifs is 2. The van der Waals surface area contributed by atoms with Crippen LogP contribution in [0, 0.1) is 5.82 Å². The van der Waals surface area contributed by atoms with Gasteiger partial charge in [0.2, 0.25) is 0 Å². The molecule has 6 aromatic rings. The molecule has 6 rings (SSSR count). The molecule has 0 fully saturated rings. The van der Waals surface area contributed by atoms with E-state index >= 15 is 0 Å². The van der Waals surface area contributed by atoms with Crippen molar-refractivity contribution in [3.63, 3.8) is 0 Å². The first-order valence-corrected chi connectivity index (χ1v) is 17.8. The van der Waals surface area contributed by atoms with Crippen molar-refractivity contribution < 1.29 is 50.2 Å². The van der Waals surface area contributed by atoms with Gasteiger partial charge >= 0.3 is 12.4 Å². The lowest BCUT2D eigenvalue weighted by Gasteiger charge is -2.13. The number of carbonyl (C=O) groups excluding carboxylic acids is 2. The summed E-state index contributed by atoms with van der Waals surface area (Å²) in [7, 11) is 0. The second-order valence-electron chi connectivity index (χ2n) is 13.0. The molecule has 0 saturated heterocycles. The average Bonchev–Trinajstić information content (AvgIpc) is 3.12. The van der Waals surface area contributed by atoms with Gasteiger partial charge in [0.15, 0.2) is 0 Å². The fraction of sp³-hybridized carbons (Fsp3) is 0.190. The molecule has 0 spiro atoms. The van der Waals surface area contributed by atoms with Crippen LogP contribution < -0.4 is 15.4 Å². The second kappa shape index (κ2) is 18.6. The van der Waals surface area contributed by atoms with Crippen molar-refractivity contribution in [2.24, 2.45) is 0 Å². The summed E-state index contributed by atoms with van der Waals surface area (Å²) in [6, 6.07) is 25.9. The van der Waals surface area contributed by atoms with Crippen molar-refractivity contribution in [2.45, 2.75) is 52.1 Å². The molecule has 0 aromatic heterocycles. The smallest absolute Gasteiger partial charge is 0.416 e. The van der Waals surface area contributed by atoms with Crippen molar-refractivity contribution in [3.8, 4) is 17.2 Å². The Morgan fingerprint density at radius 1 is 0.596 bits per heavy atom. The van der Waals surface area contributed by atoms with Crippen molar-refractivity contribution in [1.29, 1.82) is 0 Å². The molecule has 6 aromatic carbocycles. The van der Waals surface area contributed by atoms with Gasteiger partial charge < -0.3 is 20.5 Å². The van der Waals surface area contributed by atoms with Gasteiger partial charge in [-0.1, -0.05) is 47.5 Å². The van der Waals surface area contributed by atoms with Crippen LogP contribution in [0.2, 0.25) is 10.0 Å². The zero-order valence-electron chi connectivity index (χ0n) is 30.6. The number of alkyl halides is 6. The molecule has 0 aliphatic rings. The molecule has 0 atom stereocenters. The van der Waals surface area contributed by atoms with E-state index in [1.165, 1.54) is 6.07 Å². The molecular formula is C42H35Cl2F7N2O4. The van der Waals surface area contributed by atoms with Gasteiger partial charge in [0.1, 0.15) is 23.1 Å². The van der Waals surface area contributed by atoms with Crippen LogP contribution in [0.15, 0.2) is 109 Å². The number of amides is 2. The van der Waals surface area contributed by atoms with Crippen molar-refractivity contribution in [3.05, 3.63) is 147 Å². The Balaban J connectivity index is 0.000000210. The number of benzene rings is 6.